The summed E-state index contributed by atoms with van der Waals surface area (Å²) in [6, 6.07) is 3.89. The lowest BCUT2D eigenvalue weighted by molar-refractivity contribution is -0.191. The second kappa shape index (κ2) is 6.80. The first-order valence-corrected chi connectivity index (χ1v) is 9.41. The van der Waals surface area contributed by atoms with Crippen LogP contribution in [0.1, 0.15) is 37.2 Å². The van der Waals surface area contributed by atoms with Gasteiger partial charge < -0.3 is 23.5 Å². The van der Waals surface area contributed by atoms with E-state index in [2.05, 4.69) is 0 Å². The van der Waals surface area contributed by atoms with E-state index in [1.54, 1.807) is 4.90 Å². The molecular weight excluding hydrogens is 350 g/mol. The summed E-state index contributed by atoms with van der Waals surface area (Å²) in [6.07, 6.45) is 4.37. The molecule has 3 aliphatic rings. The van der Waals surface area contributed by atoms with E-state index in [0.717, 1.165) is 30.1 Å². The first kappa shape index (κ1) is 18.3. The van der Waals surface area contributed by atoms with Crippen LogP contribution in [0.4, 0.5) is 0 Å². The largest absolute Gasteiger partial charge is 0.468 e. The molecule has 0 bridgehead atoms. The van der Waals surface area contributed by atoms with Crippen molar-refractivity contribution in [2.24, 2.45) is 5.41 Å². The highest BCUT2D eigenvalue weighted by atomic mass is 16.7. The molecular formula is C20H25NO6. The highest BCUT2D eigenvalue weighted by molar-refractivity contribution is 5.94. The van der Waals surface area contributed by atoms with Gasteiger partial charge in [-0.15, -0.1) is 0 Å². The Balaban J connectivity index is 1.54. The van der Waals surface area contributed by atoms with Crippen LogP contribution < -0.4 is 0 Å². The van der Waals surface area contributed by atoms with E-state index in [9.17, 15) is 9.59 Å². The van der Waals surface area contributed by atoms with Crippen LogP contribution in [0.15, 0.2) is 28.3 Å². The molecule has 7 nitrogen and oxygen atoms in total. The van der Waals surface area contributed by atoms with Gasteiger partial charge in [0.1, 0.15) is 16.9 Å². The Morgan fingerprint density at radius 3 is 2.74 bits per heavy atom. The Labute approximate surface area is 158 Å². The molecule has 7 heteroatoms. The van der Waals surface area contributed by atoms with Gasteiger partial charge in [0.15, 0.2) is 5.79 Å². The molecule has 1 aromatic rings. The smallest absolute Gasteiger partial charge is 0.318 e. The van der Waals surface area contributed by atoms with Crippen molar-refractivity contribution in [3.05, 3.63) is 35.4 Å². The average Bonchev–Trinajstić information content (AvgIpc) is 3.34. The molecule has 1 aromatic heterocycles. The number of esters is 1. The third kappa shape index (κ3) is 3.08. The molecule has 3 heterocycles. The van der Waals surface area contributed by atoms with Crippen molar-refractivity contribution in [1.29, 1.82) is 0 Å². The predicted octanol–water partition coefficient (Wildman–Crippen LogP) is 2.33. The summed E-state index contributed by atoms with van der Waals surface area (Å²) in [6.45, 7) is 3.45. The molecule has 2 saturated heterocycles. The Morgan fingerprint density at radius 1 is 1.30 bits per heavy atom. The maximum Gasteiger partial charge on any atom is 0.318 e. The average molecular weight is 375 g/mol. The number of aryl methyl sites for hydroxylation is 2. The van der Waals surface area contributed by atoms with Crippen molar-refractivity contribution in [3.8, 4) is 0 Å². The van der Waals surface area contributed by atoms with Crippen LogP contribution in [-0.2, 0) is 30.2 Å². The van der Waals surface area contributed by atoms with Crippen LogP contribution in [0.3, 0.4) is 0 Å². The van der Waals surface area contributed by atoms with Crippen molar-refractivity contribution in [1.82, 2.24) is 4.90 Å². The maximum atomic E-state index is 12.8. The van der Waals surface area contributed by atoms with Gasteiger partial charge in [-0.1, -0.05) is 6.08 Å². The van der Waals surface area contributed by atoms with Gasteiger partial charge in [-0.2, -0.15) is 0 Å². The summed E-state index contributed by atoms with van der Waals surface area (Å²) in [5, 5.41) is 0. The van der Waals surface area contributed by atoms with Crippen LogP contribution in [0.5, 0.6) is 0 Å². The summed E-state index contributed by atoms with van der Waals surface area (Å²) < 4.78 is 22.3. The molecule has 0 saturated carbocycles. The molecule has 1 unspecified atom stereocenters. The second-order valence-corrected chi connectivity index (χ2v) is 7.49. The lowest BCUT2D eigenvalue weighted by Gasteiger charge is -2.40. The van der Waals surface area contributed by atoms with Crippen LogP contribution >= 0.6 is 0 Å². The number of methoxy groups -OCH3 is 1. The zero-order valence-electron chi connectivity index (χ0n) is 15.8. The minimum absolute atomic E-state index is 0.0580. The molecule has 0 aromatic carbocycles. The van der Waals surface area contributed by atoms with Gasteiger partial charge in [-0.3, -0.25) is 9.59 Å². The van der Waals surface area contributed by atoms with Crippen molar-refractivity contribution >= 4 is 11.9 Å². The van der Waals surface area contributed by atoms with Crippen molar-refractivity contribution in [2.75, 3.05) is 26.9 Å². The summed E-state index contributed by atoms with van der Waals surface area (Å²) in [5.74, 6) is 0.507. The van der Waals surface area contributed by atoms with E-state index >= 15 is 0 Å². The second-order valence-electron chi connectivity index (χ2n) is 7.49. The zero-order chi connectivity index (χ0) is 19.1. The van der Waals surface area contributed by atoms with Gasteiger partial charge in [-0.05, 0) is 25.5 Å². The normalized spacial score (nSPS) is 26.4. The van der Waals surface area contributed by atoms with E-state index in [1.807, 2.05) is 25.1 Å². The Hall–Kier alpha value is -2.12. The summed E-state index contributed by atoms with van der Waals surface area (Å²) in [7, 11) is 1.36. The molecule has 146 valence electrons. The highest BCUT2D eigenvalue weighted by Gasteiger charge is 2.61. The van der Waals surface area contributed by atoms with Gasteiger partial charge in [0.2, 0.25) is 5.91 Å². The Morgan fingerprint density at radius 2 is 2.07 bits per heavy atom. The van der Waals surface area contributed by atoms with E-state index in [0.29, 0.717) is 32.6 Å². The van der Waals surface area contributed by atoms with Crippen LogP contribution in [0.2, 0.25) is 0 Å². The van der Waals surface area contributed by atoms with Gasteiger partial charge in [0.05, 0.1) is 20.3 Å². The van der Waals surface area contributed by atoms with E-state index in [1.165, 1.54) is 7.11 Å². The van der Waals surface area contributed by atoms with E-state index in [-0.39, 0.29) is 12.3 Å². The number of nitrogens with zero attached hydrogens (tertiary/aromatic N) is 1. The number of fused-ring (bicyclic) bond motifs is 1. The first-order valence-electron chi connectivity index (χ1n) is 9.41. The fourth-order valence-electron chi connectivity index (χ4n) is 4.52. The molecule has 4 rings (SSSR count). The molecule has 0 radical (unpaired) electrons. The summed E-state index contributed by atoms with van der Waals surface area (Å²) in [4.78, 5) is 27.3. The minimum Gasteiger partial charge on any atom is -0.468 e. The first-order chi connectivity index (χ1) is 13.0. The lowest BCUT2D eigenvalue weighted by Crippen LogP contribution is -2.46. The number of carbonyl (C=O) groups is 2. The van der Waals surface area contributed by atoms with Crippen molar-refractivity contribution in [3.63, 3.8) is 0 Å². The number of hydrogen-bond donors (Lipinski definition) is 0. The van der Waals surface area contributed by atoms with Gasteiger partial charge in [0.25, 0.3) is 0 Å². The molecule has 2 fully saturated rings. The molecule has 1 atom stereocenters. The van der Waals surface area contributed by atoms with E-state index in [4.69, 9.17) is 18.6 Å². The maximum absolute atomic E-state index is 12.8. The monoisotopic (exact) mass is 375 g/mol. The van der Waals surface area contributed by atoms with Crippen molar-refractivity contribution < 1.29 is 28.2 Å². The minimum atomic E-state index is -1.02. The fourth-order valence-corrected chi connectivity index (χ4v) is 4.52. The lowest BCUT2D eigenvalue weighted by atomic mass is 9.73. The number of furan rings is 1. The van der Waals surface area contributed by atoms with Gasteiger partial charge in [-0.25, -0.2) is 0 Å². The zero-order valence-corrected chi connectivity index (χ0v) is 15.8. The summed E-state index contributed by atoms with van der Waals surface area (Å²) in [5.41, 5.74) is -0.282. The fraction of sp³-hybridized carbons (Fsp3) is 0.600. The van der Waals surface area contributed by atoms with Gasteiger partial charge in [0, 0.05) is 37.9 Å². The molecule has 27 heavy (non-hydrogen) atoms. The standard InChI is InChI=1S/C20H25NO6/c1-14-5-6-15(27-14)4-3-9-21-16-7-8-20(25-10-11-26-20)13-19(16,12-17(21)22)18(23)24-2/h5-7H,3-4,8-13H2,1-2H3. The van der Waals surface area contributed by atoms with E-state index < -0.39 is 17.2 Å². The topological polar surface area (TPSA) is 78.2 Å². The predicted molar refractivity (Wildman–Crippen MR) is 94.5 cm³/mol. The molecule has 1 spiro atoms. The Bertz CT molecular complexity index is 775. The number of carbonyl (C=O) groups excluding carboxylic acids is 2. The highest BCUT2D eigenvalue weighted by Crippen LogP contribution is 2.53. The molecule has 2 aliphatic heterocycles. The number of likely N-dealkylation sites (tertiary alicyclic amines) is 1. The SMILES string of the molecule is COC(=O)C12CC(=O)N(CCCc3ccc(C)o3)C1=CCC1(C2)OCCO1. The number of ether oxygens (including phenoxy) is 3. The molecule has 0 N–H and O–H groups in total. The number of amides is 1. The molecule has 1 aliphatic carbocycles. The quantitative estimate of drug-likeness (QED) is 0.735. The van der Waals surface area contributed by atoms with Gasteiger partial charge >= 0.3 is 5.97 Å². The number of rotatable bonds is 5. The van der Waals surface area contributed by atoms with Crippen molar-refractivity contribution in [2.45, 2.75) is 44.8 Å². The third-order valence-corrected chi connectivity index (χ3v) is 5.70. The summed E-state index contributed by atoms with van der Waals surface area (Å²) >= 11 is 0. The third-order valence-electron chi connectivity index (χ3n) is 5.70. The molecule has 1 amide bonds. The van der Waals surface area contributed by atoms with Crippen LogP contribution in [0, 0.1) is 12.3 Å². The number of hydrogen-bond acceptors (Lipinski definition) is 6. The van der Waals surface area contributed by atoms with Crippen LogP contribution in [0.25, 0.3) is 0 Å². The van der Waals surface area contributed by atoms with Crippen LogP contribution in [-0.4, -0.2) is 49.4 Å². The Kier molecular flexibility index (Phi) is 4.60.